The summed E-state index contributed by atoms with van der Waals surface area (Å²) < 4.78 is 0. The van der Waals surface area contributed by atoms with Gasteiger partial charge >= 0.3 is 0 Å². The van der Waals surface area contributed by atoms with Crippen molar-refractivity contribution in [3.05, 3.63) is 24.0 Å². The van der Waals surface area contributed by atoms with E-state index in [1.165, 1.54) is 38.2 Å². The fourth-order valence-electron chi connectivity index (χ4n) is 1.92. The minimum Gasteiger partial charge on any atom is -0.357 e. The molecule has 0 spiro atoms. The third-order valence-corrected chi connectivity index (χ3v) is 2.74. The molecule has 0 aromatic carbocycles. The highest BCUT2D eigenvalue weighted by molar-refractivity contribution is 5.93. The Morgan fingerprint density at radius 1 is 1.31 bits per heavy atom. The topological polar surface area (TPSA) is 15.6 Å². The summed E-state index contributed by atoms with van der Waals surface area (Å²) in [6, 6.07) is 0. The molecule has 16 heavy (non-hydrogen) atoms. The first-order valence-corrected chi connectivity index (χ1v) is 6.41. The summed E-state index contributed by atoms with van der Waals surface area (Å²) in [6.07, 6.45) is 11.3. The molecule has 2 heteroatoms. The van der Waals surface area contributed by atoms with Crippen molar-refractivity contribution in [2.45, 2.75) is 46.5 Å². The minimum absolute atomic E-state index is 1.09. The van der Waals surface area contributed by atoms with Crippen molar-refractivity contribution in [2.75, 3.05) is 13.1 Å². The molecule has 0 radical (unpaired) electrons. The van der Waals surface area contributed by atoms with Gasteiger partial charge in [0.2, 0.25) is 0 Å². The van der Waals surface area contributed by atoms with Crippen LogP contribution in [0.4, 0.5) is 0 Å². The molecule has 90 valence electrons. The molecule has 0 atom stereocenters. The first-order valence-electron chi connectivity index (χ1n) is 6.41. The van der Waals surface area contributed by atoms with E-state index in [0.29, 0.717) is 0 Å². The molecule has 0 unspecified atom stereocenters. The fourth-order valence-corrected chi connectivity index (χ4v) is 1.92. The predicted octanol–water partition coefficient (Wildman–Crippen LogP) is 3.76. The molecule has 0 saturated carbocycles. The zero-order chi connectivity index (χ0) is 11.8. The Kier molecular flexibility index (Phi) is 5.91. The monoisotopic (exact) mass is 220 g/mol. The van der Waals surface area contributed by atoms with Gasteiger partial charge in [0, 0.05) is 18.8 Å². The molecule has 0 aliphatic carbocycles. The summed E-state index contributed by atoms with van der Waals surface area (Å²) in [5.41, 5.74) is 1.09. The number of hydrogen-bond donors (Lipinski definition) is 0. The van der Waals surface area contributed by atoms with Crippen LogP contribution in [0, 0.1) is 0 Å². The second-order valence-electron chi connectivity index (χ2n) is 4.30. The molecule has 1 aliphatic rings. The molecular weight excluding hydrogens is 196 g/mol. The molecule has 0 amide bonds. The molecule has 0 aromatic rings. The Morgan fingerprint density at radius 2 is 2.00 bits per heavy atom. The normalized spacial score (nSPS) is 18.8. The molecule has 0 N–H and O–H groups in total. The van der Waals surface area contributed by atoms with Crippen molar-refractivity contribution in [3.8, 4) is 0 Å². The summed E-state index contributed by atoms with van der Waals surface area (Å²) in [6.45, 7) is 8.64. The molecule has 1 rings (SSSR count). The van der Waals surface area contributed by atoms with Crippen LogP contribution in [0.1, 0.15) is 46.5 Å². The highest BCUT2D eigenvalue weighted by Gasteiger charge is 2.13. The number of unbranched alkanes of at least 4 members (excludes halogenated alkanes) is 1. The highest BCUT2D eigenvalue weighted by Crippen LogP contribution is 2.17. The van der Waals surface area contributed by atoms with Crippen LogP contribution < -0.4 is 0 Å². The number of aliphatic imine (C=N–C) groups is 1. The van der Waals surface area contributed by atoms with Gasteiger partial charge in [0.25, 0.3) is 0 Å². The lowest BCUT2D eigenvalue weighted by molar-refractivity contribution is 0.420. The average Bonchev–Trinajstić information content (AvgIpc) is 2.77. The largest absolute Gasteiger partial charge is 0.357 e. The Morgan fingerprint density at radius 3 is 2.56 bits per heavy atom. The van der Waals surface area contributed by atoms with Crippen molar-refractivity contribution >= 4 is 5.71 Å². The molecule has 2 nitrogen and oxygen atoms in total. The molecule has 1 aliphatic heterocycles. The third kappa shape index (κ3) is 4.21. The van der Waals surface area contributed by atoms with E-state index in [-0.39, 0.29) is 0 Å². The number of allylic oxidation sites excluding steroid dienone is 3. The SMILES string of the molecule is C\C=C/C(C)=N\C(=C\CCC)N1CCCC1. The van der Waals surface area contributed by atoms with E-state index >= 15 is 0 Å². The van der Waals surface area contributed by atoms with Crippen LogP contribution in [0.15, 0.2) is 29.0 Å². The lowest BCUT2D eigenvalue weighted by atomic mass is 10.3. The molecule has 1 saturated heterocycles. The second kappa shape index (κ2) is 7.26. The first-order chi connectivity index (χ1) is 7.77. The van der Waals surface area contributed by atoms with Gasteiger partial charge < -0.3 is 4.90 Å². The first kappa shape index (κ1) is 13.0. The second-order valence-corrected chi connectivity index (χ2v) is 4.30. The van der Waals surface area contributed by atoms with E-state index in [4.69, 9.17) is 4.99 Å². The molecular formula is C14H24N2. The summed E-state index contributed by atoms with van der Waals surface area (Å²) in [5.74, 6) is 1.18. The number of nitrogens with zero attached hydrogens (tertiary/aromatic N) is 2. The average molecular weight is 220 g/mol. The van der Waals surface area contributed by atoms with Gasteiger partial charge in [0.1, 0.15) is 5.82 Å². The lowest BCUT2D eigenvalue weighted by Gasteiger charge is -2.18. The van der Waals surface area contributed by atoms with Crippen molar-refractivity contribution in [2.24, 2.45) is 4.99 Å². The Hall–Kier alpha value is -1.05. The van der Waals surface area contributed by atoms with Gasteiger partial charge in [0.05, 0.1) is 0 Å². The van der Waals surface area contributed by atoms with Crippen molar-refractivity contribution in [3.63, 3.8) is 0 Å². The van der Waals surface area contributed by atoms with Crippen LogP contribution in [-0.4, -0.2) is 23.7 Å². The highest BCUT2D eigenvalue weighted by atomic mass is 15.2. The van der Waals surface area contributed by atoms with Gasteiger partial charge in [-0.1, -0.05) is 19.4 Å². The molecule has 0 aromatic heterocycles. The maximum absolute atomic E-state index is 4.70. The van der Waals surface area contributed by atoms with Crippen LogP contribution in [-0.2, 0) is 0 Å². The summed E-state index contributed by atoms with van der Waals surface area (Å²) in [7, 11) is 0. The van der Waals surface area contributed by atoms with E-state index in [1.807, 2.05) is 13.0 Å². The van der Waals surface area contributed by atoms with Crippen LogP contribution in [0.2, 0.25) is 0 Å². The van der Waals surface area contributed by atoms with Gasteiger partial charge in [0.15, 0.2) is 0 Å². The Balaban J connectivity index is 2.74. The quantitative estimate of drug-likeness (QED) is 0.644. The molecule has 1 heterocycles. The van der Waals surface area contributed by atoms with Gasteiger partial charge in [-0.3, -0.25) is 0 Å². The summed E-state index contributed by atoms with van der Waals surface area (Å²) in [4.78, 5) is 7.11. The van der Waals surface area contributed by atoms with Crippen LogP contribution in [0.3, 0.4) is 0 Å². The maximum Gasteiger partial charge on any atom is 0.124 e. The Bertz CT molecular complexity index is 281. The van der Waals surface area contributed by atoms with Gasteiger partial charge in [-0.25, -0.2) is 4.99 Å². The van der Waals surface area contributed by atoms with Gasteiger partial charge in [-0.05, 0) is 45.3 Å². The van der Waals surface area contributed by atoms with E-state index in [2.05, 4.69) is 30.9 Å². The number of hydrogen-bond acceptors (Lipinski definition) is 2. The van der Waals surface area contributed by atoms with Crippen molar-refractivity contribution in [1.29, 1.82) is 0 Å². The Labute approximate surface area is 99.8 Å². The standard InChI is InChI=1S/C14H24N2/c1-4-6-10-14(15-13(3)9-5-2)16-11-7-8-12-16/h5,9-10H,4,6-8,11-12H2,1-3H3/b9-5-,14-10-,15-13-. The van der Waals surface area contributed by atoms with Crippen LogP contribution in [0.25, 0.3) is 0 Å². The molecule has 1 fully saturated rings. The van der Waals surface area contributed by atoms with Crippen LogP contribution >= 0.6 is 0 Å². The molecule has 0 bridgehead atoms. The number of rotatable bonds is 5. The minimum atomic E-state index is 1.09. The smallest absolute Gasteiger partial charge is 0.124 e. The summed E-state index contributed by atoms with van der Waals surface area (Å²) >= 11 is 0. The van der Waals surface area contributed by atoms with E-state index in [1.54, 1.807) is 0 Å². The number of likely N-dealkylation sites (tertiary alicyclic amines) is 1. The van der Waals surface area contributed by atoms with E-state index < -0.39 is 0 Å². The van der Waals surface area contributed by atoms with Crippen LogP contribution in [0.5, 0.6) is 0 Å². The zero-order valence-corrected chi connectivity index (χ0v) is 10.9. The maximum atomic E-state index is 4.70. The van der Waals surface area contributed by atoms with E-state index in [9.17, 15) is 0 Å². The van der Waals surface area contributed by atoms with Gasteiger partial charge in [-0.15, -0.1) is 0 Å². The predicted molar refractivity (Wildman–Crippen MR) is 71.7 cm³/mol. The van der Waals surface area contributed by atoms with E-state index in [0.717, 1.165) is 12.1 Å². The third-order valence-electron chi connectivity index (χ3n) is 2.74. The summed E-state index contributed by atoms with van der Waals surface area (Å²) in [5, 5.41) is 0. The fraction of sp³-hybridized carbons (Fsp3) is 0.643. The lowest BCUT2D eigenvalue weighted by Crippen LogP contribution is -2.18. The zero-order valence-electron chi connectivity index (χ0n) is 10.9. The van der Waals surface area contributed by atoms with Gasteiger partial charge in [-0.2, -0.15) is 0 Å². The van der Waals surface area contributed by atoms with Crippen molar-refractivity contribution < 1.29 is 0 Å². The van der Waals surface area contributed by atoms with Crippen molar-refractivity contribution in [1.82, 2.24) is 4.90 Å².